The van der Waals surface area contributed by atoms with Gasteiger partial charge in [-0.05, 0) is 39.2 Å². The molecule has 5 nitrogen and oxygen atoms in total. The van der Waals surface area contributed by atoms with Gasteiger partial charge in [0.2, 0.25) is 0 Å². The first kappa shape index (κ1) is 15.9. The smallest absolute Gasteiger partial charge is 0.282 e. The number of hydrogen-bond acceptors (Lipinski definition) is 3. The molecule has 2 unspecified atom stereocenters. The zero-order chi connectivity index (χ0) is 13.9. The fourth-order valence-corrected chi connectivity index (χ4v) is 4.48. The molecule has 1 saturated carbocycles. The molecule has 0 aliphatic heterocycles. The van der Waals surface area contributed by atoms with Gasteiger partial charge in [0.25, 0.3) is 10.2 Å². The van der Waals surface area contributed by atoms with E-state index in [0.717, 1.165) is 19.3 Å². The topological polar surface area (TPSA) is 66.6 Å². The highest BCUT2D eigenvalue weighted by Crippen LogP contribution is 2.31. The van der Waals surface area contributed by atoms with Gasteiger partial charge < -0.3 is 5.73 Å². The van der Waals surface area contributed by atoms with Crippen LogP contribution in [-0.4, -0.2) is 49.2 Å². The van der Waals surface area contributed by atoms with Crippen LogP contribution in [0.3, 0.4) is 0 Å². The molecule has 1 rings (SSSR count). The molecule has 1 aliphatic carbocycles. The van der Waals surface area contributed by atoms with Gasteiger partial charge in [0.05, 0.1) is 0 Å². The number of nitrogens with zero attached hydrogens (tertiary/aromatic N) is 2. The van der Waals surface area contributed by atoms with E-state index in [1.807, 2.05) is 20.8 Å². The van der Waals surface area contributed by atoms with Gasteiger partial charge in [-0.3, -0.25) is 0 Å². The van der Waals surface area contributed by atoms with Crippen molar-refractivity contribution in [2.24, 2.45) is 11.7 Å². The molecule has 2 N–H and O–H groups in total. The van der Waals surface area contributed by atoms with Crippen LogP contribution >= 0.6 is 0 Å². The first-order chi connectivity index (χ1) is 8.36. The van der Waals surface area contributed by atoms with Gasteiger partial charge in [-0.2, -0.15) is 17.0 Å². The van der Waals surface area contributed by atoms with Gasteiger partial charge in [-0.25, -0.2) is 0 Å². The monoisotopic (exact) mass is 277 g/mol. The molecule has 0 aromatic carbocycles. The first-order valence-electron chi connectivity index (χ1n) is 6.81. The van der Waals surface area contributed by atoms with Gasteiger partial charge in [-0.1, -0.05) is 13.3 Å². The lowest BCUT2D eigenvalue weighted by Gasteiger charge is -2.35. The minimum absolute atomic E-state index is 0.0261. The zero-order valence-electron chi connectivity index (χ0n) is 12.0. The van der Waals surface area contributed by atoms with Crippen molar-refractivity contribution in [2.75, 3.05) is 20.1 Å². The Morgan fingerprint density at radius 1 is 1.33 bits per heavy atom. The molecule has 1 fully saturated rings. The summed E-state index contributed by atoms with van der Waals surface area (Å²) in [7, 11) is -1.72. The molecule has 0 radical (unpaired) electrons. The summed E-state index contributed by atoms with van der Waals surface area (Å²) < 4.78 is 28.2. The summed E-state index contributed by atoms with van der Waals surface area (Å²) in [4.78, 5) is 0. The van der Waals surface area contributed by atoms with Crippen LogP contribution in [0.15, 0.2) is 0 Å². The molecule has 0 saturated heterocycles. The maximum absolute atomic E-state index is 12.6. The Morgan fingerprint density at radius 2 is 1.94 bits per heavy atom. The Morgan fingerprint density at radius 3 is 2.39 bits per heavy atom. The second-order valence-corrected chi connectivity index (χ2v) is 7.26. The van der Waals surface area contributed by atoms with Crippen LogP contribution in [0, 0.1) is 5.92 Å². The fourth-order valence-electron chi connectivity index (χ4n) is 2.67. The van der Waals surface area contributed by atoms with Gasteiger partial charge in [0.15, 0.2) is 0 Å². The van der Waals surface area contributed by atoms with E-state index in [-0.39, 0.29) is 12.1 Å². The lowest BCUT2D eigenvalue weighted by molar-refractivity contribution is 0.250. The molecule has 0 spiro atoms. The van der Waals surface area contributed by atoms with Crippen LogP contribution < -0.4 is 5.73 Å². The van der Waals surface area contributed by atoms with Gasteiger partial charge in [0, 0.05) is 25.7 Å². The van der Waals surface area contributed by atoms with E-state index in [4.69, 9.17) is 5.73 Å². The van der Waals surface area contributed by atoms with Crippen molar-refractivity contribution in [1.29, 1.82) is 0 Å². The Kier molecular flexibility index (Phi) is 5.58. The van der Waals surface area contributed by atoms with Crippen LogP contribution in [0.1, 0.15) is 40.0 Å². The second kappa shape index (κ2) is 6.32. The third-order valence-electron chi connectivity index (χ3n) is 3.99. The molecule has 1 aliphatic rings. The molecule has 2 atom stereocenters. The molecule has 108 valence electrons. The standard InChI is InChI=1S/C12H27N3O2S/c1-5-15(12-8-6-7-11(12)9-13)18(16,17)14(4)10(2)3/h10-12H,5-9,13H2,1-4H3. The van der Waals surface area contributed by atoms with Gasteiger partial charge in [0.1, 0.15) is 0 Å². The summed E-state index contributed by atoms with van der Waals surface area (Å²) in [6, 6.07) is 0.0491. The van der Waals surface area contributed by atoms with E-state index in [1.165, 1.54) is 4.31 Å². The third kappa shape index (κ3) is 3.04. The van der Waals surface area contributed by atoms with Crippen molar-refractivity contribution in [1.82, 2.24) is 8.61 Å². The van der Waals surface area contributed by atoms with Gasteiger partial charge in [-0.15, -0.1) is 0 Å². The van der Waals surface area contributed by atoms with Crippen molar-refractivity contribution >= 4 is 10.2 Å². The minimum Gasteiger partial charge on any atom is -0.330 e. The van der Waals surface area contributed by atoms with Crippen LogP contribution in [0.25, 0.3) is 0 Å². The summed E-state index contributed by atoms with van der Waals surface area (Å²) in [6.07, 6.45) is 3.05. The molecule has 0 bridgehead atoms. The number of hydrogen-bond donors (Lipinski definition) is 1. The Bertz CT molecular complexity index is 356. The molecular formula is C12H27N3O2S. The van der Waals surface area contributed by atoms with Gasteiger partial charge >= 0.3 is 0 Å². The highest BCUT2D eigenvalue weighted by Gasteiger charge is 2.38. The Balaban J connectivity index is 2.95. The van der Waals surface area contributed by atoms with E-state index >= 15 is 0 Å². The quantitative estimate of drug-likeness (QED) is 0.788. The first-order valence-corrected chi connectivity index (χ1v) is 8.20. The van der Waals surface area contributed by atoms with Crippen molar-refractivity contribution < 1.29 is 8.42 Å². The normalized spacial score (nSPS) is 25.6. The molecule has 0 heterocycles. The van der Waals surface area contributed by atoms with Crippen LogP contribution in [-0.2, 0) is 10.2 Å². The van der Waals surface area contributed by atoms with Crippen LogP contribution in [0.2, 0.25) is 0 Å². The average molecular weight is 277 g/mol. The molecular weight excluding hydrogens is 250 g/mol. The predicted molar refractivity (Wildman–Crippen MR) is 74.4 cm³/mol. The van der Waals surface area contributed by atoms with Crippen molar-refractivity contribution in [3.63, 3.8) is 0 Å². The Labute approximate surface area is 112 Å². The molecule has 18 heavy (non-hydrogen) atoms. The predicted octanol–water partition coefficient (Wildman–Crippen LogP) is 1.02. The van der Waals surface area contributed by atoms with E-state index < -0.39 is 10.2 Å². The Hall–Kier alpha value is -0.170. The van der Waals surface area contributed by atoms with E-state index in [2.05, 4.69) is 0 Å². The van der Waals surface area contributed by atoms with Crippen LogP contribution in [0.5, 0.6) is 0 Å². The number of rotatable bonds is 6. The summed E-state index contributed by atoms with van der Waals surface area (Å²) in [5.41, 5.74) is 5.76. The highest BCUT2D eigenvalue weighted by atomic mass is 32.2. The summed E-state index contributed by atoms with van der Waals surface area (Å²) in [6.45, 7) is 6.77. The lowest BCUT2D eigenvalue weighted by Crippen LogP contribution is -2.51. The average Bonchev–Trinajstić information content (AvgIpc) is 2.76. The SMILES string of the molecule is CCN(C1CCCC1CN)S(=O)(=O)N(C)C(C)C. The van der Waals surface area contributed by atoms with Crippen molar-refractivity contribution in [3.05, 3.63) is 0 Å². The summed E-state index contributed by atoms with van der Waals surface area (Å²) in [5.74, 6) is 0.306. The van der Waals surface area contributed by atoms with E-state index in [9.17, 15) is 8.42 Å². The number of nitrogens with two attached hydrogens (primary N) is 1. The summed E-state index contributed by atoms with van der Waals surface area (Å²) in [5, 5.41) is 0. The fraction of sp³-hybridized carbons (Fsp3) is 1.00. The largest absolute Gasteiger partial charge is 0.330 e. The third-order valence-corrected chi connectivity index (χ3v) is 6.26. The molecule has 0 amide bonds. The molecule has 6 heteroatoms. The maximum Gasteiger partial charge on any atom is 0.282 e. The molecule has 0 aromatic heterocycles. The van der Waals surface area contributed by atoms with E-state index in [0.29, 0.717) is 19.0 Å². The maximum atomic E-state index is 12.6. The van der Waals surface area contributed by atoms with E-state index in [1.54, 1.807) is 11.4 Å². The summed E-state index contributed by atoms with van der Waals surface area (Å²) >= 11 is 0. The second-order valence-electron chi connectivity index (χ2n) is 5.32. The zero-order valence-corrected chi connectivity index (χ0v) is 12.8. The lowest BCUT2D eigenvalue weighted by atomic mass is 10.0. The van der Waals surface area contributed by atoms with Crippen molar-refractivity contribution in [3.8, 4) is 0 Å². The molecule has 0 aromatic rings. The minimum atomic E-state index is -3.37. The highest BCUT2D eigenvalue weighted by molar-refractivity contribution is 7.86. The van der Waals surface area contributed by atoms with Crippen LogP contribution in [0.4, 0.5) is 0 Å². The van der Waals surface area contributed by atoms with Crippen molar-refractivity contribution in [2.45, 2.75) is 52.1 Å².